The maximum atomic E-state index is 12.0. The molecule has 9 heteroatoms. The van der Waals surface area contributed by atoms with Gasteiger partial charge in [-0.25, -0.2) is 4.79 Å². The van der Waals surface area contributed by atoms with E-state index in [2.05, 4.69) is 10.6 Å². The van der Waals surface area contributed by atoms with Crippen LogP contribution >= 0.6 is 0 Å². The lowest BCUT2D eigenvalue weighted by Gasteiger charge is -2.19. The summed E-state index contributed by atoms with van der Waals surface area (Å²) in [7, 11) is 0. The molecular formula is C16H21N3O6. The topological polar surface area (TPSA) is 159 Å². The Morgan fingerprint density at radius 3 is 2.16 bits per heavy atom. The number of amides is 2. The average molecular weight is 351 g/mol. The second-order valence-corrected chi connectivity index (χ2v) is 5.52. The lowest BCUT2D eigenvalue weighted by Crippen LogP contribution is -2.53. The van der Waals surface area contributed by atoms with Gasteiger partial charge >= 0.3 is 11.9 Å². The van der Waals surface area contributed by atoms with Crippen LogP contribution in [-0.2, 0) is 25.6 Å². The van der Waals surface area contributed by atoms with Crippen LogP contribution < -0.4 is 16.4 Å². The number of nitrogens with two attached hydrogens (primary N) is 1. The lowest BCUT2D eigenvalue weighted by atomic mass is 10.1. The summed E-state index contributed by atoms with van der Waals surface area (Å²) in [5.74, 6) is -4.23. The molecular weight excluding hydrogens is 330 g/mol. The van der Waals surface area contributed by atoms with Crippen molar-refractivity contribution in [3.63, 3.8) is 0 Å². The Morgan fingerprint density at radius 2 is 1.64 bits per heavy atom. The summed E-state index contributed by atoms with van der Waals surface area (Å²) in [4.78, 5) is 45.5. The highest BCUT2D eigenvalue weighted by molar-refractivity contribution is 5.92. The van der Waals surface area contributed by atoms with Crippen molar-refractivity contribution in [2.75, 3.05) is 0 Å². The number of carboxylic acid groups (broad SMARTS) is 2. The number of hydrogen-bond donors (Lipinski definition) is 5. The van der Waals surface area contributed by atoms with Crippen LogP contribution in [0.2, 0.25) is 0 Å². The maximum absolute atomic E-state index is 12.0. The van der Waals surface area contributed by atoms with Gasteiger partial charge in [0.1, 0.15) is 12.1 Å². The summed E-state index contributed by atoms with van der Waals surface area (Å²) < 4.78 is 0. The van der Waals surface area contributed by atoms with E-state index in [9.17, 15) is 19.2 Å². The molecule has 2 amide bonds. The molecule has 6 N–H and O–H groups in total. The third-order valence-electron chi connectivity index (χ3n) is 3.38. The van der Waals surface area contributed by atoms with Crippen molar-refractivity contribution in [3.8, 4) is 0 Å². The highest BCUT2D eigenvalue weighted by Gasteiger charge is 2.26. The Bertz CT molecular complexity index is 634. The van der Waals surface area contributed by atoms with Crippen LogP contribution in [0.5, 0.6) is 0 Å². The standard InChI is InChI=1S/C16H21N3O6/c1-9(14(22)19-12(16(24)25)8-13(20)21)18-15(23)11(17)7-10-5-3-2-4-6-10/h2-6,9,11-12H,7-8,17H2,1H3,(H,18,23)(H,19,22)(H,20,21)(H,24,25)/t9-,11+,12-/m0/s1. The first-order valence-corrected chi connectivity index (χ1v) is 7.55. The molecule has 0 spiro atoms. The fourth-order valence-corrected chi connectivity index (χ4v) is 2.02. The molecule has 1 aromatic carbocycles. The molecule has 25 heavy (non-hydrogen) atoms. The summed E-state index contributed by atoms with van der Waals surface area (Å²) in [5.41, 5.74) is 6.65. The molecule has 0 aliphatic carbocycles. The minimum absolute atomic E-state index is 0.276. The Labute approximate surface area is 144 Å². The van der Waals surface area contributed by atoms with Crippen LogP contribution in [0.4, 0.5) is 0 Å². The predicted octanol–water partition coefficient (Wildman–Crippen LogP) is -0.895. The summed E-state index contributed by atoms with van der Waals surface area (Å²) in [6, 6.07) is 5.55. The Hall–Kier alpha value is -2.94. The summed E-state index contributed by atoms with van der Waals surface area (Å²) in [6.45, 7) is 1.35. The van der Waals surface area contributed by atoms with Gasteiger partial charge in [-0.1, -0.05) is 30.3 Å². The molecule has 0 saturated carbocycles. The van der Waals surface area contributed by atoms with E-state index in [1.165, 1.54) is 6.92 Å². The van der Waals surface area contributed by atoms with Crippen LogP contribution in [-0.4, -0.2) is 52.1 Å². The number of carboxylic acids is 2. The summed E-state index contributed by atoms with van der Waals surface area (Å²) in [6.07, 6.45) is -0.493. The van der Waals surface area contributed by atoms with Gasteiger partial charge in [0, 0.05) is 0 Å². The fraction of sp³-hybridized carbons (Fsp3) is 0.375. The van der Waals surface area contributed by atoms with Crippen molar-refractivity contribution < 1.29 is 29.4 Å². The molecule has 1 aromatic rings. The molecule has 0 unspecified atom stereocenters. The first-order valence-electron chi connectivity index (χ1n) is 7.55. The van der Waals surface area contributed by atoms with E-state index in [0.29, 0.717) is 0 Å². The first kappa shape index (κ1) is 20.1. The van der Waals surface area contributed by atoms with Crippen molar-refractivity contribution in [2.24, 2.45) is 5.73 Å². The van der Waals surface area contributed by atoms with E-state index < -0.39 is 48.3 Å². The minimum Gasteiger partial charge on any atom is -0.481 e. The maximum Gasteiger partial charge on any atom is 0.326 e. The van der Waals surface area contributed by atoms with Crippen molar-refractivity contribution in [1.29, 1.82) is 0 Å². The number of hydrogen-bond acceptors (Lipinski definition) is 5. The smallest absolute Gasteiger partial charge is 0.326 e. The van der Waals surface area contributed by atoms with E-state index in [1.54, 1.807) is 0 Å². The third-order valence-corrected chi connectivity index (χ3v) is 3.38. The van der Waals surface area contributed by atoms with Crippen molar-refractivity contribution in [2.45, 2.75) is 37.9 Å². The fourth-order valence-electron chi connectivity index (χ4n) is 2.02. The monoisotopic (exact) mass is 351 g/mol. The number of nitrogens with one attached hydrogen (secondary N) is 2. The quantitative estimate of drug-likeness (QED) is 0.386. The number of carbonyl (C=O) groups excluding carboxylic acids is 2. The molecule has 0 fully saturated rings. The zero-order chi connectivity index (χ0) is 19.0. The molecule has 136 valence electrons. The van der Waals surface area contributed by atoms with Crippen molar-refractivity contribution >= 4 is 23.8 Å². The molecule has 0 heterocycles. The van der Waals surface area contributed by atoms with Crippen molar-refractivity contribution in [3.05, 3.63) is 35.9 Å². The molecule has 0 radical (unpaired) electrons. The molecule has 9 nitrogen and oxygen atoms in total. The minimum atomic E-state index is -1.58. The van der Waals surface area contributed by atoms with Gasteiger partial charge in [-0.05, 0) is 18.9 Å². The molecule has 3 atom stereocenters. The Balaban J connectivity index is 2.56. The van der Waals surface area contributed by atoms with Gasteiger partial charge in [0.05, 0.1) is 12.5 Å². The molecule has 0 bridgehead atoms. The van der Waals surface area contributed by atoms with Crippen LogP contribution in [0.25, 0.3) is 0 Å². The normalized spacial score (nSPS) is 14.0. The molecule has 1 rings (SSSR count). The Kier molecular flexibility index (Phi) is 7.54. The first-order chi connectivity index (χ1) is 11.7. The van der Waals surface area contributed by atoms with Crippen LogP contribution in [0, 0.1) is 0 Å². The lowest BCUT2D eigenvalue weighted by molar-refractivity contribution is -0.147. The van der Waals surface area contributed by atoms with Crippen LogP contribution in [0.15, 0.2) is 30.3 Å². The molecule has 0 aromatic heterocycles. The molecule has 0 aliphatic rings. The number of carbonyl (C=O) groups is 4. The van der Waals surface area contributed by atoms with Gasteiger partial charge in [-0.2, -0.15) is 0 Å². The molecule has 0 aliphatic heterocycles. The highest BCUT2D eigenvalue weighted by Crippen LogP contribution is 2.02. The number of rotatable bonds is 9. The van der Waals surface area contributed by atoms with Gasteiger partial charge in [-0.3, -0.25) is 14.4 Å². The third kappa shape index (κ3) is 7.00. The van der Waals surface area contributed by atoms with Crippen molar-refractivity contribution in [1.82, 2.24) is 10.6 Å². The largest absolute Gasteiger partial charge is 0.481 e. The summed E-state index contributed by atoms with van der Waals surface area (Å²) in [5, 5.41) is 22.0. The summed E-state index contributed by atoms with van der Waals surface area (Å²) >= 11 is 0. The Morgan fingerprint density at radius 1 is 1.04 bits per heavy atom. The number of aliphatic carboxylic acids is 2. The van der Waals surface area contributed by atoms with Gasteiger partial charge in [0.25, 0.3) is 0 Å². The number of benzene rings is 1. The second kappa shape index (κ2) is 9.38. The zero-order valence-corrected chi connectivity index (χ0v) is 13.6. The van der Waals surface area contributed by atoms with Crippen LogP contribution in [0.3, 0.4) is 0 Å². The van der Waals surface area contributed by atoms with E-state index in [1.807, 2.05) is 30.3 Å². The van der Waals surface area contributed by atoms with Gasteiger partial charge < -0.3 is 26.6 Å². The SMILES string of the molecule is C[C@H](NC(=O)[C@H](N)Cc1ccccc1)C(=O)N[C@@H](CC(=O)O)C(=O)O. The zero-order valence-electron chi connectivity index (χ0n) is 13.6. The van der Waals surface area contributed by atoms with E-state index in [-0.39, 0.29) is 6.42 Å². The van der Waals surface area contributed by atoms with Gasteiger partial charge in [0.2, 0.25) is 11.8 Å². The molecule has 0 saturated heterocycles. The van der Waals surface area contributed by atoms with Gasteiger partial charge in [0.15, 0.2) is 0 Å². The average Bonchev–Trinajstić information content (AvgIpc) is 2.54. The highest BCUT2D eigenvalue weighted by atomic mass is 16.4. The van der Waals surface area contributed by atoms with Gasteiger partial charge in [-0.15, -0.1) is 0 Å². The predicted molar refractivity (Wildman–Crippen MR) is 87.5 cm³/mol. The van der Waals surface area contributed by atoms with E-state index in [0.717, 1.165) is 5.56 Å². The van der Waals surface area contributed by atoms with E-state index in [4.69, 9.17) is 15.9 Å². The second-order valence-electron chi connectivity index (χ2n) is 5.52. The van der Waals surface area contributed by atoms with E-state index >= 15 is 0 Å². The van der Waals surface area contributed by atoms with Crippen LogP contribution in [0.1, 0.15) is 18.9 Å².